The van der Waals surface area contributed by atoms with Crippen LogP contribution < -0.4 is 10.3 Å². The van der Waals surface area contributed by atoms with Crippen LogP contribution in [0.15, 0.2) is 41.2 Å². The quantitative estimate of drug-likeness (QED) is 0.716. The fourth-order valence-corrected chi connectivity index (χ4v) is 2.87. The van der Waals surface area contributed by atoms with E-state index in [0.29, 0.717) is 37.6 Å². The van der Waals surface area contributed by atoms with Crippen molar-refractivity contribution in [3.05, 3.63) is 46.8 Å². The van der Waals surface area contributed by atoms with Gasteiger partial charge in [0.25, 0.3) is 5.56 Å². The Hall–Kier alpha value is -3.16. The molecule has 3 rings (SSSR count). The summed E-state index contributed by atoms with van der Waals surface area (Å²) in [6, 6.07) is 10.4. The number of para-hydroxylation sites is 1. The Kier molecular flexibility index (Phi) is 5.31. The van der Waals surface area contributed by atoms with Gasteiger partial charge in [0.2, 0.25) is 12.3 Å². The largest absolute Gasteiger partial charge is 0.496 e. The molecule has 0 radical (unpaired) electrons. The molecule has 0 unspecified atom stereocenters. The Bertz CT molecular complexity index is 856. The van der Waals surface area contributed by atoms with E-state index in [1.165, 1.54) is 6.07 Å². The van der Waals surface area contributed by atoms with Gasteiger partial charge in [-0.15, -0.1) is 0 Å². The van der Waals surface area contributed by atoms with Crippen molar-refractivity contribution < 1.29 is 14.3 Å². The van der Waals surface area contributed by atoms with Crippen molar-refractivity contribution >= 4 is 12.3 Å². The van der Waals surface area contributed by atoms with E-state index >= 15 is 0 Å². The molecule has 1 aliphatic rings. The number of nitrogens with zero attached hydrogens (tertiary/aromatic N) is 4. The summed E-state index contributed by atoms with van der Waals surface area (Å²) in [4.78, 5) is 38.6. The number of rotatable bonds is 5. The highest BCUT2D eigenvalue weighted by Crippen LogP contribution is 2.27. The van der Waals surface area contributed by atoms with Crippen molar-refractivity contribution in [3.63, 3.8) is 0 Å². The predicted octanol–water partition coefficient (Wildman–Crippen LogP) is 0.219. The van der Waals surface area contributed by atoms with Crippen LogP contribution in [0.4, 0.5) is 0 Å². The first-order chi connectivity index (χ1) is 12.6. The lowest BCUT2D eigenvalue weighted by Gasteiger charge is -2.32. The molecule has 1 fully saturated rings. The van der Waals surface area contributed by atoms with Crippen LogP contribution >= 0.6 is 0 Å². The summed E-state index contributed by atoms with van der Waals surface area (Å²) < 4.78 is 6.49. The number of carbonyl (C=O) groups is 2. The van der Waals surface area contributed by atoms with Gasteiger partial charge in [0.15, 0.2) is 0 Å². The number of benzene rings is 1. The molecular weight excluding hydrogens is 336 g/mol. The Morgan fingerprint density at radius 3 is 2.58 bits per heavy atom. The highest BCUT2D eigenvalue weighted by Gasteiger charge is 2.21. The van der Waals surface area contributed by atoms with Crippen molar-refractivity contribution in [2.45, 2.75) is 6.54 Å². The maximum Gasteiger partial charge on any atom is 0.267 e. The van der Waals surface area contributed by atoms with Crippen LogP contribution in [0.2, 0.25) is 0 Å². The number of amides is 2. The molecule has 1 aromatic carbocycles. The molecule has 0 bridgehead atoms. The molecule has 8 nitrogen and oxygen atoms in total. The molecule has 2 aromatic rings. The van der Waals surface area contributed by atoms with Crippen molar-refractivity contribution in [2.75, 3.05) is 33.3 Å². The first kappa shape index (κ1) is 17.7. The van der Waals surface area contributed by atoms with Gasteiger partial charge in [-0.3, -0.25) is 14.4 Å². The third-order valence-electron chi connectivity index (χ3n) is 4.35. The van der Waals surface area contributed by atoms with E-state index in [1.54, 1.807) is 23.0 Å². The zero-order chi connectivity index (χ0) is 18.5. The highest BCUT2D eigenvalue weighted by atomic mass is 16.5. The lowest BCUT2D eigenvalue weighted by molar-refractivity contribution is -0.135. The second kappa shape index (κ2) is 7.81. The summed E-state index contributed by atoms with van der Waals surface area (Å²) >= 11 is 0. The zero-order valence-electron chi connectivity index (χ0n) is 14.5. The minimum atomic E-state index is -0.344. The van der Waals surface area contributed by atoms with Crippen LogP contribution in [-0.4, -0.2) is 65.2 Å². The molecular formula is C18H20N4O4. The molecule has 136 valence electrons. The number of hydrogen-bond acceptors (Lipinski definition) is 5. The first-order valence-corrected chi connectivity index (χ1v) is 8.31. The monoisotopic (exact) mass is 356 g/mol. The van der Waals surface area contributed by atoms with Crippen LogP contribution in [0.3, 0.4) is 0 Å². The van der Waals surface area contributed by atoms with Crippen LogP contribution in [0.1, 0.15) is 0 Å². The van der Waals surface area contributed by atoms with E-state index < -0.39 is 0 Å². The van der Waals surface area contributed by atoms with Crippen molar-refractivity contribution in [1.29, 1.82) is 0 Å². The second-order valence-electron chi connectivity index (χ2n) is 5.94. The van der Waals surface area contributed by atoms with Gasteiger partial charge in [0.05, 0.1) is 12.8 Å². The lowest BCUT2D eigenvalue weighted by Crippen LogP contribution is -2.49. The number of hydrogen-bond donors (Lipinski definition) is 0. The highest BCUT2D eigenvalue weighted by molar-refractivity contribution is 5.76. The Labute approximate surface area is 150 Å². The van der Waals surface area contributed by atoms with Gasteiger partial charge in [0.1, 0.15) is 12.3 Å². The minimum absolute atomic E-state index is 0.136. The smallest absolute Gasteiger partial charge is 0.267 e. The molecule has 2 heterocycles. The van der Waals surface area contributed by atoms with E-state index in [-0.39, 0.29) is 18.0 Å². The molecule has 1 saturated heterocycles. The van der Waals surface area contributed by atoms with E-state index in [9.17, 15) is 14.4 Å². The number of carbonyl (C=O) groups excluding carboxylic acids is 2. The normalized spacial score (nSPS) is 14.2. The van der Waals surface area contributed by atoms with Gasteiger partial charge in [0, 0.05) is 37.8 Å². The summed E-state index contributed by atoms with van der Waals surface area (Å²) in [6.45, 7) is 1.78. The van der Waals surface area contributed by atoms with Gasteiger partial charge in [-0.05, 0) is 18.2 Å². The molecule has 0 saturated carbocycles. The SMILES string of the molecule is COc1ccccc1-c1ccc(=O)n(CC(=O)N2CCN(C=O)CC2)n1. The van der Waals surface area contributed by atoms with Gasteiger partial charge >= 0.3 is 0 Å². The molecule has 1 aliphatic heterocycles. The maximum absolute atomic E-state index is 12.5. The van der Waals surface area contributed by atoms with Crippen LogP contribution in [0.5, 0.6) is 5.75 Å². The molecule has 0 aliphatic carbocycles. The Morgan fingerprint density at radius 2 is 1.88 bits per heavy atom. The number of methoxy groups -OCH3 is 1. The Morgan fingerprint density at radius 1 is 1.15 bits per heavy atom. The second-order valence-corrected chi connectivity index (χ2v) is 5.94. The van der Waals surface area contributed by atoms with Crippen molar-refractivity contribution in [2.24, 2.45) is 0 Å². The summed E-state index contributed by atoms with van der Waals surface area (Å²) in [6.07, 6.45) is 0.782. The molecule has 0 N–H and O–H groups in total. The first-order valence-electron chi connectivity index (χ1n) is 8.31. The zero-order valence-corrected chi connectivity index (χ0v) is 14.5. The average molecular weight is 356 g/mol. The van der Waals surface area contributed by atoms with Gasteiger partial charge in [-0.25, -0.2) is 4.68 Å². The van der Waals surface area contributed by atoms with Crippen LogP contribution in [0, 0.1) is 0 Å². The van der Waals surface area contributed by atoms with Gasteiger partial charge in [-0.1, -0.05) is 12.1 Å². The molecule has 26 heavy (non-hydrogen) atoms. The Balaban J connectivity index is 1.79. The fourth-order valence-electron chi connectivity index (χ4n) is 2.87. The standard InChI is InChI=1S/C18H20N4O4/c1-26-16-5-3-2-4-14(16)15-6-7-17(24)22(19-15)12-18(25)21-10-8-20(13-23)9-11-21/h2-7,13H,8-12H2,1H3. The lowest BCUT2D eigenvalue weighted by atomic mass is 10.1. The third-order valence-corrected chi connectivity index (χ3v) is 4.35. The molecule has 2 amide bonds. The van der Waals surface area contributed by atoms with Gasteiger partial charge in [-0.2, -0.15) is 5.10 Å². The van der Waals surface area contributed by atoms with E-state index in [4.69, 9.17) is 4.74 Å². The maximum atomic E-state index is 12.5. The van der Waals surface area contributed by atoms with Gasteiger partial charge < -0.3 is 14.5 Å². The van der Waals surface area contributed by atoms with Crippen LogP contribution in [-0.2, 0) is 16.1 Å². The molecule has 0 spiro atoms. The fraction of sp³-hybridized carbons (Fsp3) is 0.333. The number of ether oxygens (including phenoxy) is 1. The third kappa shape index (κ3) is 3.74. The van der Waals surface area contributed by atoms with Crippen molar-refractivity contribution in [3.8, 4) is 17.0 Å². The molecule has 0 atom stereocenters. The average Bonchev–Trinajstić information content (AvgIpc) is 2.69. The summed E-state index contributed by atoms with van der Waals surface area (Å²) in [5.41, 5.74) is 0.958. The summed E-state index contributed by atoms with van der Waals surface area (Å²) in [5, 5.41) is 4.33. The van der Waals surface area contributed by atoms with Crippen molar-refractivity contribution in [1.82, 2.24) is 19.6 Å². The topological polar surface area (TPSA) is 84.7 Å². The predicted molar refractivity (Wildman–Crippen MR) is 94.7 cm³/mol. The number of piperazine rings is 1. The van der Waals surface area contributed by atoms with Crippen LogP contribution in [0.25, 0.3) is 11.3 Å². The molecule has 8 heteroatoms. The molecule has 1 aromatic heterocycles. The van der Waals surface area contributed by atoms with E-state index in [2.05, 4.69) is 5.10 Å². The van der Waals surface area contributed by atoms with E-state index in [1.807, 2.05) is 24.3 Å². The van der Waals surface area contributed by atoms with E-state index in [0.717, 1.165) is 16.7 Å². The summed E-state index contributed by atoms with van der Waals surface area (Å²) in [5.74, 6) is 0.448. The number of aromatic nitrogens is 2. The summed E-state index contributed by atoms with van der Waals surface area (Å²) in [7, 11) is 1.57. The minimum Gasteiger partial charge on any atom is -0.496 e.